The molecule has 0 saturated heterocycles. The second-order valence-corrected chi connectivity index (χ2v) is 4.56. The lowest BCUT2D eigenvalue weighted by molar-refractivity contribution is -0.141. The number of hydrogen-bond acceptors (Lipinski definition) is 3. The van der Waals surface area contributed by atoms with Crippen LogP contribution in [-0.4, -0.2) is 9.97 Å². The van der Waals surface area contributed by atoms with E-state index in [1.165, 1.54) is 0 Å². The molecule has 124 valence electrons. The molecule has 0 aliphatic carbocycles. The third-order valence-electron chi connectivity index (χ3n) is 2.91. The Labute approximate surface area is 125 Å². The summed E-state index contributed by atoms with van der Waals surface area (Å²) in [6.07, 6.45) is -9.80. The van der Waals surface area contributed by atoms with Crippen molar-refractivity contribution in [1.29, 1.82) is 0 Å². The molecule has 0 atom stereocenters. The van der Waals surface area contributed by atoms with Gasteiger partial charge in [-0.05, 0) is 17.7 Å². The van der Waals surface area contributed by atoms with Gasteiger partial charge in [0.25, 0.3) is 5.56 Å². The summed E-state index contributed by atoms with van der Waals surface area (Å²) >= 11 is 0. The van der Waals surface area contributed by atoms with E-state index in [1.807, 2.05) is 4.98 Å². The van der Waals surface area contributed by atoms with E-state index in [0.717, 1.165) is 12.1 Å². The topological polar surface area (TPSA) is 71.8 Å². The first kappa shape index (κ1) is 17.0. The van der Waals surface area contributed by atoms with Gasteiger partial charge in [0.05, 0.1) is 5.56 Å². The number of nitrogens with two attached hydrogens (primary N) is 1. The van der Waals surface area contributed by atoms with Crippen LogP contribution in [0.2, 0.25) is 0 Å². The van der Waals surface area contributed by atoms with Gasteiger partial charge in [0.2, 0.25) is 0 Å². The Morgan fingerprint density at radius 1 is 1.04 bits per heavy atom. The SMILES string of the molecule is NCc1ccc(C(F)(F)F)c(-c2nc(C(F)(F)F)cc(=O)[nH]2)c1. The molecule has 1 aromatic carbocycles. The molecule has 3 N–H and O–H groups in total. The number of aromatic nitrogens is 2. The molecule has 0 bridgehead atoms. The van der Waals surface area contributed by atoms with Crippen molar-refractivity contribution in [3.8, 4) is 11.4 Å². The van der Waals surface area contributed by atoms with Crippen LogP contribution in [-0.2, 0) is 18.9 Å². The van der Waals surface area contributed by atoms with Gasteiger partial charge in [-0.25, -0.2) is 4.98 Å². The fraction of sp³-hybridized carbons (Fsp3) is 0.231. The van der Waals surface area contributed by atoms with Crippen LogP contribution >= 0.6 is 0 Å². The van der Waals surface area contributed by atoms with E-state index in [1.54, 1.807) is 0 Å². The van der Waals surface area contributed by atoms with Gasteiger partial charge in [0.1, 0.15) is 5.82 Å². The number of nitrogens with one attached hydrogen (secondary N) is 1. The van der Waals surface area contributed by atoms with Gasteiger partial charge < -0.3 is 10.7 Å². The predicted molar refractivity (Wildman–Crippen MR) is 68.2 cm³/mol. The normalized spacial score (nSPS) is 12.5. The Bertz CT molecular complexity index is 779. The number of aromatic amines is 1. The van der Waals surface area contributed by atoms with Crippen LogP contribution in [0.15, 0.2) is 29.1 Å². The Hall–Kier alpha value is -2.36. The van der Waals surface area contributed by atoms with Crippen molar-refractivity contribution in [2.45, 2.75) is 18.9 Å². The molecule has 1 aromatic heterocycles. The fourth-order valence-corrected chi connectivity index (χ4v) is 1.89. The molecule has 2 aromatic rings. The van der Waals surface area contributed by atoms with E-state index in [4.69, 9.17) is 5.73 Å². The minimum absolute atomic E-state index is 0.131. The average Bonchev–Trinajstić information content (AvgIpc) is 2.44. The smallest absolute Gasteiger partial charge is 0.326 e. The minimum Gasteiger partial charge on any atom is -0.326 e. The number of H-pyrrole nitrogens is 1. The van der Waals surface area contributed by atoms with Gasteiger partial charge in [0, 0.05) is 18.2 Å². The molecule has 1 heterocycles. The van der Waals surface area contributed by atoms with Crippen LogP contribution in [0.4, 0.5) is 26.3 Å². The maximum atomic E-state index is 13.0. The third kappa shape index (κ3) is 3.70. The number of halogens is 6. The van der Waals surface area contributed by atoms with Crippen molar-refractivity contribution in [2.75, 3.05) is 0 Å². The molecule has 10 heteroatoms. The lowest BCUT2D eigenvalue weighted by atomic mass is 10.0. The monoisotopic (exact) mass is 337 g/mol. The zero-order chi connectivity index (χ0) is 17.4. The van der Waals surface area contributed by atoms with Gasteiger partial charge in [-0.15, -0.1) is 0 Å². The summed E-state index contributed by atoms with van der Waals surface area (Å²) in [6.45, 7) is -0.131. The molecule has 0 aliphatic rings. The molecule has 0 spiro atoms. The second kappa shape index (κ2) is 5.69. The van der Waals surface area contributed by atoms with Crippen molar-refractivity contribution < 1.29 is 26.3 Å². The van der Waals surface area contributed by atoms with Crippen molar-refractivity contribution in [3.63, 3.8) is 0 Å². The highest BCUT2D eigenvalue weighted by Crippen LogP contribution is 2.37. The predicted octanol–water partition coefficient (Wildman–Crippen LogP) is 2.93. The van der Waals surface area contributed by atoms with Gasteiger partial charge in [-0.2, -0.15) is 26.3 Å². The highest BCUT2D eigenvalue weighted by molar-refractivity contribution is 5.62. The number of hydrogen-bond donors (Lipinski definition) is 2. The van der Waals surface area contributed by atoms with Gasteiger partial charge in [-0.1, -0.05) is 6.07 Å². The number of nitrogens with zero attached hydrogens (tertiary/aromatic N) is 1. The summed E-state index contributed by atoms with van der Waals surface area (Å²) in [6, 6.07) is 2.89. The highest BCUT2D eigenvalue weighted by Gasteiger charge is 2.36. The van der Waals surface area contributed by atoms with Crippen molar-refractivity contribution >= 4 is 0 Å². The van der Waals surface area contributed by atoms with Gasteiger partial charge >= 0.3 is 12.4 Å². The van der Waals surface area contributed by atoms with Crippen molar-refractivity contribution in [3.05, 3.63) is 51.4 Å². The standard InChI is InChI=1S/C13H9F6N3O/c14-12(15,16)8-2-1-6(5-20)3-7(8)11-21-9(13(17,18)19)4-10(23)22-11/h1-4H,5,20H2,(H,21,22,23). The van der Waals surface area contributed by atoms with Gasteiger partial charge in [-0.3, -0.25) is 4.79 Å². The first-order valence-corrected chi connectivity index (χ1v) is 6.11. The zero-order valence-electron chi connectivity index (χ0n) is 11.2. The fourth-order valence-electron chi connectivity index (χ4n) is 1.89. The molecule has 0 saturated carbocycles. The summed E-state index contributed by atoms with van der Waals surface area (Å²) in [4.78, 5) is 16.3. The summed E-state index contributed by atoms with van der Waals surface area (Å²) in [5.74, 6) is -0.826. The van der Waals surface area contributed by atoms with Crippen LogP contribution in [0.5, 0.6) is 0 Å². The second-order valence-electron chi connectivity index (χ2n) is 4.56. The van der Waals surface area contributed by atoms with Crippen LogP contribution in [0.25, 0.3) is 11.4 Å². The summed E-state index contributed by atoms with van der Waals surface area (Å²) < 4.78 is 77.2. The Kier molecular flexibility index (Phi) is 4.20. The highest BCUT2D eigenvalue weighted by atomic mass is 19.4. The molecule has 4 nitrogen and oxygen atoms in total. The maximum absolute atomic E-state index is 13.0. The van der Waals surface area contributed by atoms with Gasteiger partial charge in [0.15, 0.2) is 5.69 Å². The summed E-state index contributed by atoms with van der Waals surface area (Å²) in [5, 5.41) is 0. The lowest BCUT2D eigenvalue weighted by Gasteiger charge is -2.14. The van der Waals surface area contributed by atoms with E-state index in [-0.39, 0.29) is 18.2 Å². The number of alkyl halides is 6. The van der Waals surface area contributed by atoms with Crippen LogP contribution in [0, 0.1) is 0 Å². The minimum atomic E-state index is -4.97. The molecule has 0 fully saturated rings. The lowest BCUT2D eigenvalue weighted by Crippen LogP contribution is -2.18. The first-order chi connectivity index (χ1) is 10.5. The summed E-state index contributed by atoms with van der Waals surface area (Å²) in [7, 11) is 0. The third-order valence-corrected chi connectivity index (χ3v) is 2.91. The largest absolute Gasteiger partial charge is 0.433 e. The number of benzene rings is 1. The van der Waals surface area contributed by atoms with Crippen molar-refractivity contribution in [2.24, 2.45) is 5.73 Å². The Morgan fingerprint density at radius 2 is 1.70 bits per heavy atom. The van der Waals surface area contributed by atoms with Crippen LogP contribution < -0.4 is 11.3 Å². The molecule has 0 radical (unpaired) electrons. The van der Waals surface area contributed by atoms with Crippen LogP contribution in [0.1, 0.15) is 16.8 Å². The molecular formula is C13H9F6N3O. The molecule has 0 aliphatic heterocycles. The molecular weight excluding hydrogens is 328 g/mol. The van der Waals surface area contributed by atoms with E-state index < -0.39 is 40.6 Å². The van der Waals surface area contributed by atoms with E-state index >= 15 is 0 Å². The van der Waals surface area contributed by atoms with E-state index in [0.29, 0.717) is 6.07 Å². The molecule has 2 rings (SSSR count). The molecule has 0 unspecified atom stereocenters. The Morgan fingerprint density at radius 3 is 2.22 bits per heavy atom. The zero-order valence-corrected chi connectivity index (χ0v) is 11.2. The van der Waals surface area contributed by atoms with Crippen molar-refractivity contribution in [1.82, 2.24) is 9.97 Å². The quantitative estimate of drug-likeness (QED) is 0.828. The summed E-state index contributed by atoms with van der Waals surface area (Å²) in [5.41, 5.74) is 0.878. The maximum Gasteiger partial charge on any atom is 0.433 e. The average molecular weight is 337 g/mol. The Balaban J connectivity index is 2.75. The van der Waals surface area contributed by atoms with E-state index in [9.17, 15) is 31.1 Å². The van der Waals surface area contributed by atoms with Crippen LogP contribution in [0.3, 0.4) is 0 Å². The first-order valence-electron chi connectivity index (χ1n) is 6.11. The molecule has 0 amide bonds. The number of rotatable bonds is 2. The van der Waals surface area contributed by atoms with E-state index in [2.05, 4.69) is 4.98 Å². The molecule has 23 heavy (non-hydrogen) atoms.